The molecule has 0 radical (unpaired) electrons. The lowest BCUT2D eigenvalue weighted by molar-refractivity contribution is -0.135. The van der Waals surface area contributed by atoms with Crippen molar-refractivity contribution in [1.29, 1.82) is 0 Å². The van der Waals surface area contributed by atoms with E-state index in [-0.39, 0.29) is 25.0 Å². The second kappa shape index (κ2) is 9.91. The minimum atomic E-state index is -0.119. The highest BCUT2D eigenvalue weighted by Gasteiger charge is 2.22. The predicted octanol–water partition coefficient (Wildman–Crippen LogP) is 3.26. The molecule has 3 rings (SSSR count). The molecule has 0 aliphatic carbocycles. The number of ether oxygens (including phenoxy) is 1. The molecular formula is C20H21BrClN3O3. The average Bonchev–Trinajstić information content (AvgIpc) is 2.69. The van der Waals surface area contributed by atoms with Crippen LogP contribution in [0.25, 0.3) is 0 Å². The Morgan fingerprint density at radius 1 is 1.04 bits per heavy atom. The summed E-state index contributed by atoms with van der Waals surface area (Å²) in [5, 5.41) is 3.33. The summed E-state index contributed by atoms with van der Waals surface area (Å²) < 4.78 is 6.50. The van der Waals surface area contributed by atoms with Gasteiger partial charge in [-0.15, -0.1) is 0 Å². The van der Waals surface area contributed by atoms with Gasteiger partial charge in [0.2, 0.25) is 5.91 Å². The van der Waals surface area contributed by atoms with Gasteiger partial charge in [-0.1, -0.05) is 39.7 Å². The molecule has 8 heteroatoms. The first kappa shape index (κ1) is 20.6. The SMILES string of the molecule is O=C(CN1CCN(C(=O)COc2ccc(Br)cc2)CC1)Nc1ccccc1Cl. The molecule has 2 aromatic rings. The molecule has 0 saturated carbocycles. The molecule has 1 saturated heterocycles. The maximum atomic E-state index is 12.3. The van der Waals surface area contributed by atoms with Gasteiger partial charge in [0.1, 0.15) is 5.75 Å². The van der Waals surface area contributed by atoms with E-state index in [0.29, 0.717) is 42.6 Å². The third-order valence-corrected chi connectivity index (χ3v) is 5.27. The third kappa shape index (κ3) is 5.95. The summed E-state index contributed by atoms with van der Waals surface area (Å²) in [6, 6.07) is 14.5. The van der Waals surface area contributed by atoms with E-state index in [9.17, 15) is 9.59 Å². The number of hydrogen-bond donors (Lipinski definition) is 1. The van der Waals surface area contributed by atoms with E-state index in [4.69, 9.17) is 16.3 Å². The van der Waals surface area contributed by atoms with Crippen molar-refractivity contribution in [2.75, 3.05) is 44.6 Å². The van der Waals surface area contributed by atoms with E-state index < -0.39 is 0 Å². The molecule has 2 amide bonds. The number of rotatable bonds is 6. The van der Waals surface area contributed by atoms with Crippen molar-refractivity contribution in [3.8, 4) is 5.75 Å². The molecule has 1 heterocycles. The van der Waals surface area contributed by atoms with Crippen LogP contribution in [-0.2, 0) is 9.59 Å². The van der Waals surface area contributed by atoms with E-state index in [1.54, 1.807) is 17.0 Å². The van der Waals surface area contributed by atoms with Gasteiger partial charge >= 0.3 is 0 Å². The molecule has 0 aromatic heterocycles. The molecule has 0 unspecified atom stereocenters. The molecule has 148 valence electrons. The normalized spacial score (nSPS) is 14.6. The first-order valence-electron chi connectivity index (χ1n) is 8.94. The van der Waals surface area contributed by atoms with Gasteiger partial charge in [-0.2, -0.15) is 0 Å². The Morgan fingerprint density at radius 2 is 1.71 bits per heavy atom. The van der Waals surface area contributed by atoms with Crippen LogP contribution in [0, 0.1) is 0 Å². The zero-order chi connectivity index (χ0) is 19.9. The van der Waals surface area contributed by atoms with Crippen LogP contribution in [0.15, 0.2) is 53.0 Å². The van der Waals surface area contributed by atoms with Gasteiger partial charge in [-0.3, -0.25) is 14.5 Å². The Labute approximate surface area is 177 Å². The summed E-state index contributed by atoms with van der Waals surface area (Å²) in [5.74, 6) is 0.487. The van der Waals surface area contributed by atoms with Crippen LogP contribution in [0.1, 0.15) is 0 Å². The Morgan fingerprint density at radius 3 is 2.39 bits per heavy atom. The Kier molecular flexibility index (Phi) is 7.30. The van der Waals surface area contributed by atoms with E-state index in [0.717, 1.165) is 4.47 Å². The van der Waals surface area contributed by atoms with Gasteiger partial charge in [-0.25, -0.2) is 0 Å². The van der Waals surface area contributed by atoms with Crippen molar-refractivity contribution in [1.82, 2.24) is 9.80 Å². The first-order chi connectivity index (χ1) is 13.5. The first-order valence-corrected chi connectivity index (χ1v) is 10.1. The number of halogens is 2. The van der Waals surface area contributed by atoms with Gasteiger partial charge < -0.3 is 15.0 Å². The van der Waals surface area contributed by atoms with Crippen LogP contribution in [0.5, 0.6) is 5.75 Å². The molecule has 6 nitrogen and oxygen atoms in total. The maximum Gasteiger partial charge on any atom is 0.260 e. The van der Waals surface area contributed by atoms with E-state index in [2.05, 4.69) is 21.2 Å². The fourth-order valence-electron chi connectivity index (χ4n) is 2.88. The topological polar surface area (TPSA) is 61.9 Å². The number of para-hydroxylation sites is 1. The number of piperazine rings is 1. The molecule has 1 aliphatic heterocycles. The average molecular weight is 467 g/mol. The van der Waals surface area contributed by atoms with Crippen molar-refractivity contribution in [2.45, 2.75) is 0 Å². The van der Waals surface area contributed by atoms with E-state index in [1.807, 2.05) is 41.3 Å². The summed E-state index contributed by atoms with van der Waals surface area (Å²) >= 11 is 9.42. The summed E-state index contributed by atoms with van der Waals surface area (Å²) in [7, 11) is 0. The van der Waals surface area contributed by atoms with Crippen molar-refractivity contribution in [2.24, 2.45) is 0 Å². The number of carbonyl (C=O) groups excluding carboxylic acids is 2. The minimum Gasteiger partial charge on any atom is -0.484 e. The van der Waals surface area contributed by atoms with Crippen LogP contribution in [0.4, 0.5) is 5.69 Å². The number of benzene rings is 2. The lowest BCUT2D eigenvalue weighted by atomic mass is 10.3. The molecule has 1 N–H and O–H groups in total. The van der Waals surface area contributed by atoms with Crippen molar-refractivity contribution < 1.29 is 14.3 Å². The largest absolute Gasteiger partial charge is 0.484 e. The van der Waals surface area contributed by atoms with Gasteiger partial charge in [0.15, 0.2) is 6.61 Å². The molecule has 0 spiro atoms. The van der Waals surface area contributed by atoms with Gasteiger partial charge in [0.05, 0.1) is 17.3 Å². The van der Waals surface area contributed by atoms with Crippen molar-refractivity contribution in [3.63, 3.8) is 0 Å². The Balaban J connectivity index is 1.40. The van der Waals surface area contributed by atoms with Crippen molar-refractivity contribution in [3.05, 3.63) is 58.0 Å². The molecule has 2 aromatic carbocycles. The monoisotopic (exact) mass is 465 g/mol. The molecule has 28 heavy (non-hydrogen) atoms. The number of nitrogens with zero attached hydrogens (tertiary/aromatic N) is 2. The summed E-state index contributed by atoms with van der Waals surface area (Å²) in [4.78, 5) is 28.3. The summed E-state index contributed by atoms with van der Waals surface area (Å²) in [6.07, 6.45) is 0. The second-order valence-corrected chi connectivity index (χ2v) is 7.75. The van der Waals surface area contributed by atoms with Crippen LogP contribution in [0.2, 0.25) is 5.02 Å². The highest BCUT2D eigenvalue weighted by atomic mass is 79.9. The second-order valence-electron chi connectivity index (χ2n) is 6.43. The summed E-state index contributed by atoms with van der Waals surface area (Å²) in [6.45, 7) is 2.70. The molecule has 1 fully saturated rings. The van der Waals surface area contributed by atoms with Crippen molar-refractivity contribution >= 4 is 45.0 Å². The number of carbonyl (C=O) groups is 2. The highest BCUT2D eigenvalue weighted by Crippen LogP contribution is 2.20. The smallest absolute Gasteiger partial charge is 0.260 e. The number of amides is 2. The lowest BCUT2D eigenvalue weighted by Crippen LogP contribution is -2.51. The molecule has 0 atom stereocenters. The predicted molar refractivity (Wildman–Crippen MR) is 113 cm³/mol. The van der Waals surface area contributed by atoms with Gasteiger partial charge in [0.25, 0.3) is 5.91 Å². The summed E-state index contributed by atoms with van der Waals surface area (Å²) in [5.41, 5.74) is 0.605. The Bertz CT molecular complexity index is 824. The van der Waals surface area contributed by atoms with E-state index in [1.165, 1.54) is 0 Å². The van der Waals surface area contributed by atoms with Gasteiger partial charge in [0, 0.05) is 30.7 Å². The number of hydrogen-bond acceptors (Lipinski definition) is 4. The zero-order valence-corrected chi connectivity index (χ0v) is 17.6. The Hall–Kier alpha value is -2.09. The van der Waals surface area contributed by atoms with Crippen LogP contribution in [-0.4, -0.2) is 60.9 Å². The van der Waals surface area contributed by atoms with Crippen LogP contribution in [0.3, 0.4) is 0 Å². The van der Waals surface area contributed by atoms with Crippen LogP contribution < -0.4 is 10.1 Å². The standard InChI is InChI=1S/C20H21BrClN3O3/c21-15-5-7-16(8-6-15)28-14-20(27)25-11-9-24(10-12-25)13-19(26)23-18-4-2-1-3-17(18)22/h1-8H,9-14H2,(H,23,26). The minimum absolute atomic E-state index is 0.00856. The fraction of sp³-hybridized carbons (Fsp3) is 0.300. The number of nitrogens with one attached hydrogen (secondary N) is 1. The fourth-order valence-corrected chi connectivity index (χ4v) is 3.33. The quantitative estimate of drug-likeness (QED) is 0.710. The number of anilines is 1. The molecule has 1 aliphatic rings. The molecular weight excluding hydrogens is 446 g/mol. The highest BCUT2D eigenvalue weighted by molar-refractivity contribution is 9.10. The maximum absolute atomic E-state index is 12.3. The van der Waals surface area contributed by atoms with E-state index >= 15 is 0 Å². The molecule has 0 bridgehead atoms. The zero-order valence-electron chi connectivity index (χ0n) is 15.2. The lowest BCUT2D eigenvalue weighted by Gasteiger charge is -2.34. The third-order valence-electron chi connectivity index (χ3n) is 4.42. The van der Waals surface area contributed by atoms with Crippen LogP contribution >= 0.6 is 27.5 Å². The van der Waals surface area contributed by atoms with Gasteiger partial charge in [-0.05, 0) is 36.4 Å².